The molecule has 1 aliphatic heterocycles. The number of benzene rings is 1. The van der Waals surface area contributed by atoms with Crippen molar-refractivity contribution in [2.24, 2.45) is 7.05 Å². The summed E-state index contributed by atoms with van der Waals surface area (Å²) in [7, 11) is -3.11. The van der Waals surface area contributed by atoms with Crippen LogP contribution in [0.1, 0.15) is 39.0 Å². The summed E-state index contributed by atoms with van der Waals surface area (Å²) in [6.45, 7) is 11.2. The highest BCUT2D eigenvalue weighted by atomic mass is 32.2. The highest BCUT2D eigenvalue weighted by molar-refractivity contribution is 7.90. The average Bonchev–Trinajstić information content (AvgIpc) is 3.11. The second-order valence-electron chi connectivity index (χ2n) is 9.17. The lowest BCUT2D eigenvalue weighted by Gasteiger charge is -2.32. The van der Waals surface area contributed by atoms with Crippen molar-refractivity contribution in [3.8, 4) is 0 Å². The normalized spacial score (nSPS) is 18.1. The van der Waals surface area contributed by atoms with Crippen LogP contribution in [0.4, 0.5) is 0 Å². The van der Waals surface area contributed by atoms with Crippen LogP contribution in [-0.4, -0.2) is 35.3 Å². The molecule has 1 aromatic carbocycles. The molecular formula is C22H27BN2O5S. The number of hydrogen-bond donors (Lipinski definition) is 0. The molecule has 0 bridgehead atoms. The standard InChI is InChI=1S/C22H27BN2O5S/c1-14-10-8-9-11-18(14)31(27,28)25-15(2)12-16-17(13-24(7)20(26)19(16)25)23-29-21(3,4)22(5,6)30-23/h8-13H,1-7H3. The Morgan fingerprint density at radius 1 is 1.00 bits per heavy atom. The van der Waals surface area contributed by atoms with Crippen LogP contribution in [0.25, 0.3) is 10.9 Å². The molecule has 0 radical (unpaired) electrons. The first-order chi connectivity index (χ1) is 14.3. The van der Waals surface area contributed by atoms with Gasteiger partial charge in [-0.3, -0.25) is 4.79 Å². The average molecular weight is 442 g/mol. The minimum Gasteiger partial charge on any atom is -0.399 e. The summed E-state index contributed by atoms with van der Waals surface area (Å²) in [6.07, 6.45) is 1.66. The molecule has 0 N–H and O–H groups in total. The van der Waals surface area contributed by atoms with Gasteiger partial charge in [0.25, 0.3) is 15.6 Å². The van der Waals surface area contributed by atoms with E-state index in [2.05, 4.69) is 0 Å². The van der Waals surface area contributed by atoms with E-state index in [0.717, 1.165) is 3.97 Å². The molecule has 0 aliphatic carbocycles. The molecule has 31 heavy (non-hydrogen) atoms. The zero-order chi connectivity index (χ0) is 22.9. The third-order valence-electron chi connectivity index (χ3n) is 6.42. The molecule has 0 atom stereocenters. The van der Waals surface area contributed by atoms with Crippen LogP contribution in [0.15, 0.2) is 46.2 Å². The first-order valence-corrected chi connectivity index (χ1v) is 11.6. The van der Waals surface area contributed by atoms with Crippen molar-refractivity contribution in [2.45, 2.75) is 57.6 Å². The molecule has 3 aromatic rings. The predicted molar refractivity (Wildman–Crippen MR) is 121 cm³/mol. The fourth-order valence-electron chi connectivity index (χ4n) is 3.96. The Kier molecular flexibility index (Phi) is 4.81. The van der Waals surface area contributed by atoms with E-state index in [1.54, 1.807) is 57.4 Å². The monoisotopic (exact) mass is 442 g/mol. The minimum atomic E-state index is -3.99. The maximum Gasteiger partial charge on any atom is 0.497 e. The number of nitrogens with zero attached hydrogens (tertiary/aromatic N) is 2. The van der Waals surface area contributed by atoms with Crippen molar-refractivity contribution in [3.63, 3.8) is 0 Å². The van der Waals surface area contributed by atoms with E-state index in [1.807, 2.05) is 27.7 Å². The number of aryl methyl sites for hydroxylation is 3. The van der Waals surface area contributed by atoms with E-state index >= 15 is 0 Å². The lowest BCUT2D eigenvalue weighted by atomic mass is 9.78. The van der Waals surface area contributed by atoms with Gasteiger partial charge in [0.1, 0.15) is 5.52 Å². The van der Waals surface area contributed by atoms with Gasteiger partial charge < -0.3 is 13.9 Å². The van der Waals surface area contributed by atoms with Crippen molar-refractivity contribution < 1.29 is 17.7 Å². The fourth-order valence-corrected chi connectivity index (χ4v) is 5.73. The van der Waals surface area contributed by atoms with Crippen molar-refractivity contribution in [2.75, 3.05) is 0 Å². The lowest BCUT2D eigenvalue weighted by molar-refractivity contribution is 0.00578. The van der Waals surface area contributed by atoms with Crippen LogP contribution in [-0.2, 0) is 26.4 Å². The van der Waals surface area contributed by atoms with Gasteiger partial charge in [0.15, 0.2) is 0 Å². The number of pyridine rings is 1. The van der Waals surface area contributed by atoms with Crippen LogP contribution in [0.2, 0.25) is 0 Å². The van der Waals surface area contributed by atoms with E-state index in [1.165, 1.54) is 4.57 Å². The van der Waals surface area contributed by atoms with E-state index < -0.39 is 33.9 Å². The molecule has 7 nitrogen and oxygen atoms in total. The summed E-state index contributed by atoms with van der Waals surface area (Å²) in [6, 6.07) is 8.46. The van der Waals surface area contributed by atoms with Gasteiger partial charge in [-0.1, -0.05) is 18.2 Å². The molecule has 0 saturated carbocycles. The van der Waals surface area contributed by atoms with Crippen LogP contribution in [0, 0.1) is 13.8 Å². The molecule has 1 fully saturated rings. The second-order valence-corrected chi connectivity index (χ2v) is 10.9. The molecular weight excluding hydrogens is 415 g/mol. The van der Waals surface area contributed by atoms with Crippen molar-refractivity contribution in [1.29, 1.82) is 0 Å². The smallest absolute Gasteiger partial charge is 0.399 e. The topological polar surface area (TPSA) is 79.5 Å². The van der Waals surface area contributed by atoms with Gasteiger partial charge in [-0.25, -0.2) is 12.4 Å². The molecule has 1 aliphatic rings. The lowest BCUT2D eigenvalue weighted by Crippen LogP contribution is -2.41. The molecule has 0 spiro atoms. The molecule has 164 valence electrons. The third-order valence-corrected chi connectivity index (χ3v) is 8.38. The van der Waals surface area contributed by atoms with Gasteiger partial charge in [-0.05, 0) is 59.2 Å². The highest BCUT2D eigenvalue weighted by Gasteiger charge is 2.52. The number of aromatic nitrogens is 2. The quantitative estimate of drug-likeness (QED) is 0.583. The molecule has 0 amide bonds. The molecule has 4 rings (SSSR count). The third kappa shape index (κ3) is 3.18. The van der Waals surface area contributed by atoms with Gasteiger partial charge in [-0.2, -0.15) is 0 Å². The van der Waals surface area contributed by atoms with Crippen molar-refractivity contribution >= 4 is 33.5 Å². The summed E-state index contributed by atoms with van der Waals surface area (Å²) in [4.78, 5) is 13.3. The number of fused-ring (bicyclic) bond motifs is 1. The Morgan fingerprint density at radius 3 is 2.16 bits per heavy atom. The molecule has 9 heteroatoms. The minimum absolute atomic E-state index is 0.0930. The molecule has 2 aromatic heterocycles. The summed E-state index contributed by atoms with van der Waals surface area (Å²) < 4.78 is 42.1. The van der Waals surface area contributed by atoms with E-state index in [-0.39, 0.29) is 10.4 Å². The van der Waals surface area contributed by atoms with Crippen molar-refractivity contribution in [1.82, 2.24) is 8.54 Å². The van der Waals surface area contributed by atoms with Gasteiger partial charge in [0, 0.05) is 29.8 Å². The Bertz CT molecular complexity index is 1350. The van der Waals surface area contributed by atoms with Crippen LogP contribution in [0.3, 0.4) is 0 Å². The maximum absolute atomic E-state index is 13.6. The first-order valence-electron chi connectivity index (χ1n) is 10.2. The fraction of sp³-hybridized carbons (Fsp3) is 0.409. The van der Waals surface area contributed by atoms with Crippen molar-refractivity contribution in [3.05, 3.63) is 58.1 Å². The van der Waals surface area contributed by atoms with Gasteiger partial charge in [0.05, 0.1) is 16.1 Å². The zero-order valence-corrected chi connectivity index (χ0v) is 19.7. The largest absolute Gasteiger partial charge is 0.497 e. The summed E-state index contributed by atoms with van der Waals surface area (Å²) in [5.41, 5.74) is 0.239. The summed E-state index contributed by atoms with van der Waals surface area (Å²) in [5.74, 6) is 0. The Labute approximate surface area is 182 Å². The molecule has 3 heterocycles. The Morgan fingerprint density at radius 2 is 1.58 bits per heavy atom. The van der Waals surface area contributed by atoms with E-state index in [0.29, 0.717) is 22.1 Å². The molecule has 1 saturated heterocycles. The van der Waals surface area contributed by atoms with Gasteiger partial charge >= 0.3 is 7.12 Å². The van der Waals surface area contributed by atoms with Crippen LogP contribution >= 0.6 is 0 Å². The SMILES string of the molecule is Cc1ccccc1S(=O)(=O)n1c(C)cc2c(B3OC(C)(C)C(C)(C)O3)cn(C)c(=O)c21. The summed E-state index contributed by atoms with van der Waals surface area (Å²) >= 11 is 0. The molecule has 0 unspecified atom stereocenters. The van der Waals surface area contributed by atoms with Crippen LogP contribution in [0.5, 0.6) is 0 Å². The zero-order valence-electron chi connectivity index (χ0n) is 18.9. The van der Waals surface area contributed by atoms with Crippen LogP contribution < -0.4 is 11.0 Å². The maximum atomic E-state index is 13.6. The second kappa shape index (κ2) is 6.82. The van der Waals surface area contributed by atoms with Gasteiger partial charge in [-0.15, -0.1) is 0 Å². The highest BCUT2D eigenvalue weighted by Crippen LogP contribution is 2.37. The van der Waals surface area contributed by atoms with E-state index in [4.69, 9.17) is 9.31 Å². The summed E-state index contributed by atoms with van der Waals surface area (Å²) in [5, 5.41) is 0.510. The Hall–Kier alpha value is -2.36. The first kappa shape index (κ1) is 21.9. The number of hydrogen-bond acceptors (Lipinski definition) is 5. The Balaban J connectivity index is 2.01. The number of rotatable bonds is 3. The van der Waals surface area contributed by atoms with E-state index in [9.17, 15) is 13.2 Å². The van der Waals surface area contributed by atoms with Gasteiger partial charge in [0.2, 0.25) is 0 Å². The predicted octanol–water partition coefficient (Wildman–Crippen LogP) is 2.49.